The molecule has 0 saturated heterocycles. The molecule has 0 aliphatic carbocycles. The van der Waals surface area contributed by atoms with Gasteiger partial charge in [0.25, 0.3) is 7.44 Å². The van der Waals surface area contributed by atoms with Crippen LogP contribution in [-0.4, -0.2) is 46.7 Å². The van der Waals surface area contributed by atoms with Crippen LogP contribution in [-0.2, 0) is 28.9 Å². The van der Waals surface area contributed by atoms with Crippen LogP contribution in [0.15, 0.2) is 30.3 Å². The van der Waals surface area contributed by atoms with E-state index in [0.717, 1.165) is 10.3 Å². The van der Waals surface area contributed by atoms with Crippen LogP contribution < -0.4 is 9.16 Å². The fourth-order valence-corrected chi connectivity index (χ4v) is 6.30. The number of benzene rings is 1. The van der Waals surface area contributed by atoms with Crippen LogP contribution in [0.25, 0.3) is 0 Å². The van der Waals surface area contributed by atoms with Gasteiger partial charge >= 0.3 is 5.97 Å². The maximum Gasteiger partial charge on any atom is 0.320 e. The van der Waals surface area contributed by atoms with Gasteiger partial charge in [-0.3, -0.25) is 9.36 Å². The molecule has 1 rings (SSSR count). The highest BCUT2D eigenvalue weighted by molar-refractivity contribution is 8.00. The van der Waals surface area contributed by atoms with E-state index >= 15 is 0 Å². The van der Waals surface area contributed by atoms with Gasteiger partial charge in [-0.2, -0.15) is 0 Å². The first-order valence-corrected chi connectivity index (χ1v) is 10.9. The molecule has 0 radical (unpaired) electrons. The van der Waals surface area contributed by atoms with Gasteiger partial charge in [0.1, 0.15) is 12.9 Å². The minimum absolute atomic E-state index is 0.213. The highest BCUT2D eigenvalue weighted by atomic mass is 32.2. The van der Waals surface area contributed by atoms with Gasteiger partial charge in [0.2, 0.25) is 10.0 Å². The van der Waals surface area contributed by atoms with Crippen LogP contribution >= 0.6 is 7.44 Å². The maximum atomic E-state index is 13.3. The zero-order valence-corrected chi connectivity index (χ0v) is 15.8. The number of hydrogen-bond donors (Lipinski definition) is 1. The Morgan fingerprint density at radius 2 is 1.88 bits per heavy atom. The second kappa shape index (κ2) is 8.62. The van der Waals surface area contributed by atoms with Crippen LogP contribution in [0.2, 0.25) is 0 Å². The lowest BCUT2D eigenvalue weighted by Crippen LogP contribution is -2.37. The topological polar surface area (TPSA) is 102 Å². The van der Waals surface area contributed by atoms with Crippen LogP contribution in [0.1, 0.15) is 13.8 Å². The van der Waals surface area contributed by atoms with E-state index in [1.165, 1.54) is 19.2 Å². The highest BCUT2D eigenvalue weighted by Gasteiger charge is 2.38. The Balaban J connectivity index is 3.16. The molecule has 1 aromatic rings. The molecule has 0 saturated carbocycles. The van der Waals surface area contributed by atoms with E-state index in [1.54, 1.807) is 32.0 Å². The number of ether oxygens (including phenoxy) is 2. The van der Waals surface area contributed by atoms with Gasteiger partial charge in [-0.1, -0.05) is 18.2 Å². The number of hydrogen-bond acceptors (Lipinski definition) is 6. The number of nitrogens with one attached hydrogen (secondary N) is 1. The molecule has 0 fully saturated rings. The maximum absolute atomic E-state index is 13.3. The number of anilines is 1. The first-order chi connectivity index (χ1) is 11.1. The summed E-state index contributed by atoms with van der Waals surface area (Å²) in [5, 5.41) is 2.51. The molecule has 1 unspecified atom stereocenters. The molecule has 0 aromatic heterocycles. The largest absolute Gasteiger partial charge is 0.462 e. The number of sulfonamides is 1. The fraction of sp³-hybridized carbons (Fsp3) is 0.500. The molecule has 10 heteroatoms. The number of esters is 1. The molecule has 0 aliphatic rings. The summed E-state index contributed by atoms with van der Waals surface area (Å²) in [5.74, 6) is -0.636. The molecule has 0 aliphatic heterocycles. The number of carbonyl (C=O) groups is 1. The summed E-state index contributed by atoms with van der Waals surface area (Å²) in [5.41, 5.74) is 0.213. The average Bonchev–Trinajstić information content (AvgIpc) is 2.44. The van der Waals surface area contributed by atoms with E-state index in [1.807, 2.05) is 0 Å². The number of rotatable bonds is 9. The smallest absolute Gasteiger partial charge is 0.320 e. The molecule has 1 aromatic carbocycles. The second-order valence-corrected chi connectivity index (χ2v) is 9.81. The van der Waals surface area contributed by atoms with Crippen LogP contribution in [0.3, 0.4) is 0 Å². The third-order valence-corrected chi connectivity index (χ3v) is 7.32. The van der Waals surface area contributed by atoms with Gasteiger partial charge in [0.05, 0.1) is 18.0 Å². The molecule has 1 N–H and O–H groups in total. The van der Waals surface area contributed by atoms with Gasteiger partial charge < -0.3 is 9.47 Å². The summed E-state index contributed by atoms with van der Waals surface area (Å²) in [6.07, 6.45) is 0.210. The quantitative estimate of drug-likeness (QED) is 0.516. The molecule has 1 atom stereocenters. The average molecular weight is 378 g/mol. The van der Waals surface area contributed by atoms with Crippen molar-refractivity contribution in [3.8, 4) is 0 Å². The SMILES string of the molecule is COCP(=O)(NCC(=O)OC(C)C)N(c1ccccc1)S(C)(=O)=O. The summed E-state index contributed by atoms with van der Waals surface area (Å²) in [6, 6.07) is 7.98. The first-order valence-electron chi connectivity index (χ1n) is 7.18. The van der Waals surface area contributed by atoms with Crippen molar-refractivity contribution in [1.82, 2.24) is 5.09 Å². The lowest BCUT2D eigenvalue weighted by Gasteiger charge is -2.31. The van der Waals surface area contributed by atoms with Crippen molar-refractivity contribution in [3.63, 3.8) is 0 Å². The van der Waals surface area contributed by atoms with E-state index in [0.29, 0.717) is 0 Å². The van der Waals surface area contributed by atoms with Crippen LogP contribution in [0, 0.1) is 0 Å². The number of methoxy groups -OCH3 is 1. The molecule has 0 spiro atoms. The van der Waals surface area contributed by atoms with Crippen molar-refractivity contribution < 1.29 is 27.3 Å². The number of nitrogens with zero attached hydrogens (tertiary/aromatic N) is 1. The van der Waals surface area contributed by atoms with Crippen molar-refractivity contribution in [3.05, 3.63) is 30.3 Å². The van der Waals surface area contributed by atoms with Crippen molar-refractivity contribution >= 4 is 29.1 Å². The van der Waals surface area contributed by atoms with Gasteiger partial charge in [0.15, 0.2) is 0 Å². The number of para-hydroxylation sites is 1. The van der Waals surface area contributed by atoms with Crippen LogP contribution in [0.5, 0.6) is 0 Å². The zero-order valence-electron chi connectivity index (χ0n) is 14.1. The van der Waals surface area contributed by atoms with E-state index in [4.69, 9.17) is 9.47 Å². The molecular weight excluding hydrogens is 355 g/mol. The van der Waals surface area contributed by atoms with Crippen molar-refractivity contribution in [2.45, 2.75) is 20.0 Å². The zero-order chi connectivity index (χ0) is 18.4. The Morgan fingerprint density at radius 3 is 2.33 bits per heavy atom. The van der Waals surface area contributed by atoms with Crippen molar-refractivity contribution in [2.75, 3.05) is 30.3 Å². The van der Waals surface area contributed by atoms with Crippen molar-refractivity contribution in [2.24, 2.45) is 0 Å². The second-order valence-electron chi connectivity index (χ2n) is 5.33. The molecule has 136 valence electrons. The first kappa shape index (κ1) is 20.6. The predicted octanol–water partition coefficient (Wildman–Crippen LogP) is 1.79. The van der Waals surface area contributed by atoms with Crippen molar-refractivity contribution in [1.29, 1.82) is 0 Å². The fourth-order valence-electron chi connectivity index (χ4n) is 2.00. The molecular formula is C14H23N2O6PS. The molecule has 24 heavy (non-hydrogen) atoms. The van der Waals surface area contributed by atoms with E-state index < -0.39 is 36.3 Å². The van der Waals surface area contributed by atoms with Gasteiger partial charge in [-0.15, -0.1) is 0 Å². The van der Waals surface area contributed by atoms with Gasteiger partial charge in [0, 0.05) is 7.11 Å². The third kappa shape index (κ3) is 5.90. The Morgan fingerprint density at radius 1 is 1.29 bits per heavy atom. The Labute approximate surface area is 142 Å². The highest BCUT2D eigenvalue weighted by Crippen LogP contribution is 2.49. The lowest BCUT2D eigenvalue weighted by molar-refractivity contribution is -0.145. The molecule has 0 amide bonds. The minimum atomic E-state index is -3.89. The van der Waals surface area contributed by atoms with E-state index in [9.17, 15) is 17.8 Å². The van der Waals surface area contributed by atoms with Gasteiger partial charge in [-0.25, -0.2) is 17.6 Å². The third-order valence-electron chi connectivity index (χ3n) is 2.73. The summed E-state index contributed by atoms with van der Waals surface area (Å²) >= 11 is 0. The molecule has 0 bridgehead atoms. The normalized spacial score (nSPS) is 14.2. The van der Waals surface area contributed by atoms with E-state index in [2.05, 4.69) is 5.09 Å². The molecule has 8 nitrogen and oxygen atoms in total. The Bertz CT molecular complexity index is 692. The van der Waals surface area contributed by atoms with E-state index in [-0.39, 0.29) is 11.8 Å². The minimum Gasteiger partial charge on any atom is -0.462 e. The summed E-state index contributed by atoms with van der Waals surface area (Å²) in [7, 11) is -6.39. The number of carbonyl (C=O) groups excluding carboxylic acids is 1. The standard InChI is InChI=1S/C14H23N2O6PS/c1-12(2)22-14(17)10-15-23(18,11-21-3)16(24(4,19)20)13-8-6-5-7-9-13/h5-9,12H,10-11H2,1-4H3,(H,15,18). The molecule has 0 heterocycles. The lowest BCUT2D eigenvalue weighted by atomic mass is 10.3. The summed E-state index contributed by atoms with van der Waals surface area (Å²) in [6.45, 7) is 2.95. The Hall–Kier alpha value is -1.41. The summed E-state index contributed by atoms with van der Waals surface area (Å²) < 4.78 is 48.4. The van der Waals surface area contributed by atoms with Gasteiger partial charge in [-0.05, 0) is 26.0 Å². The van der Waals surface area contributed by atoms with Crippen LogP contribution in [0.4, 0.5) is 5.69 Å². The summed E-state index contributed by atoms with van der Waals surface area (Å²) in [4.78, 5) is 11.7. The monoisotopic (exact) mass is 378 g/mol. The predicted molar refractivity (Wildman–Crippen MR) is 92.5 cm³/mol. The Kier molecular flexibility index (Phi) is 7.41.